The second-order valence-electron chi connectivity index (χ2n) is 7.36. The summed E-state index contributed by atoms with van der Waals surface area (Å²) in [6, 6.07) is 10.4. The van der Waals surface area contributed by atoms with Crippen molar-refractivity contribution < 1.29 is 9.13 Å². The Morgan fingerprint density at radius 1 is 1.35 bits per heavy atom. The lowest BCUT2D eigenvalue weighted by Crippen LogP contribution is -2.54. The molecule has 2 aliphatic heterocycles. The van der Waals surface area contributed by atoms with Crippen LogP contribution in [0.5, 0.6) is 0 Å². The Kier molecular flexibility index (Phi) is 3.17. The SMILES string of the molecule is BC(F)(c1nc2n(n1)C(c1ccccc1)CC2C)C1(C)COC1. The monoisotopic (exact) mass is 313 g/mol. The number of ether oxygens (including phenoxy) is 1. The predicted molar refractivity (Wildman–Crippen MR) is 87.9 cm³/mol. The van der Waals surface area contributed by atoms with Crippen LogP contribution >= 0.6 is 0 Å². The number of rotatable bonds is 3. The summed E-state index contributed by atoms with van der Waals surface area (Å²) in [6.07, 6.45) is 0.961. The highest BCUT2D eigenvalue weighted by Crippen LogP contribution is 2.46. The van der Waals surface area contributed by atoms with Gasteiger partial charge in [0, 0.05) is 11.3 Å². The van der Waals surface area contributed by atoms with Gasteiger partial charge in [0.1, 0.15) is 11.4 Å². The summed E-state index contributed by atoms with van der Waals surface area (Å²) in [4.78, 5) is 4.59. The quantitative estimate of drug-likeness (QED) is 0.815. The van der Waals surface area contributed by atoms with Crippen molar-refractivity contribution in [3.05, 3.63) is 47.5 Å². The summed E-state index contributed by atoms with van der Waals surface area (Å²) in [5, 5.41) is 4.59. The van der Waals surface area contributed by atoms with Crippen molar-refractivity contribution in [3.8, 4) is 0 Å². The molecule has 2 aliphatic rings. The summed E-state index contributed by atoms with van der Waals surface area (Å²) in [5.74, 6) is 1.47. The molecule has 0 radical (unpaired) electrons. The van der Waals surface area contributed by atoms with Crippen LogP contribution in [0.3, 0.4) is 0 Å². The average Bonchev–Trinajstić information content (AvgIpc) is 3.07. The van der Waals surface area contributed by atoms with E-state index in [1.54, 1.807) is 7.85 Å². The molecule has 4 rings (SSSR count). The minimum Gasteiger partial charge on any atom is -0.380 e. The van der Waals surface area contributed by atoms with E-state index >= 15 is 4.39 Å². The Bertz CT molecular complexity index is 727. The molecule has 120 valence electrons. The van der Waals surface area contributed by atoms with Gasteiger partial charge < -0.3 is 4.74 Å². The summed E-state index contributed by atoms with van der Waals surface area (Å²) in [7, 11) is 1.59. The lowest BCUT2D eigenvalue weighted by molar-refractivity contribution is -0.159. The first-order valence-corrected chi connectivity index (χ1v) is 8.21. The van der Waals surface area contributed by atoms with Crippen LogP contribution in [0.1, 0.15) is 49.4 Å². The van der Waals surface area contributed by atoms with Gasteiger partial charge >= 0.3 is 0 Å². The standard InChI is InChI=1S/C17H21BFN3O/c1-11-8-13(12-6-4-3-5-7-12)22-14(11)20-15(21-22)17(18,19)16(2)9-23-10-16/h3-7,11,13H,8-10,18H2,1-2H3. The van der Waals surface area contributed by atoms with Crippen molar-refractivity contribution in [2.75, 3.05) is 13.2 Å². The summed E-state index contributed by atoms with van der Waals surface area (Å²) < 4.78 is 22.6. The Balaban J connectivity index is 1.74. The topological polar surface area (TPSA) is 39.9 Å². The maximum absolute atomic E-state index is 15.4. The zero-order valence-electron chi connectivity index (χ0n) is 13.8. The molecule has 23 heavy (non-hydrogen) atoms. The fraction of sp³-hybridized carbons (Fsp3) is 0.529. The number of benzene rings is 1. The summed E-state index contributed by atoms with van der Waals surface area (Å²) in [5.41, 5.74) is -0.918. The second kappa shape index (κ2) is 4.90. The zero-order valence-corrected chi connectivity index (χ0v) is 13.8. The van der Waals surface area contributed by atoms with Crippen LogP contribution in [0.2, 0.25) is 0 Å². The van der Waals surface area contributed by atoms with E-state index in [-0.39, 0.29) is 12.0 Å². The van der Waals surface area contributed by atoms with Gasteiger partial charge in [-0.2, -0.15) is 5.10 Å². The van der Waals surface area contributed by atoms with Gasteiger partial charge in [0.2, 0.25) is 0 Å². The van der Waals surface area contributed by atoms with Gasteiger partial charge in [-0.15, -0.1) is 0 Å². The van der Waals surface area contributed by atoms with Crippen LogP contribution in [0, 0.1) is 5.41 Å². The molecule has 1 saturated heterocycles. The molecular formula is C17H21BFN3O. The number of aromatic nitrogens is 3. The molecule has 0 saturated carbocycles. The smallest absolute Gasteiger partial charge is 0.179 e. The van der Waals surface area contributed by atoms with E-state index in [0.29, 0.717) is 19.0 Å². The van der Waals surface area contributed by atoms with E-state index in [2.05, 4.69) is 29.1 Å². The molecule has 0 spiro atoms. The lowest BCUT2D eigenvalue weighted by Gasteiger charge is -2.45. The highest BCUT2D eigenvalue weighted by molar-refractivity contribution is 6.15. The highest BCUT2D eigenvalue weighted by atomic mass is 19.1. The Morgan fingerprint density at radius 3 is 2.65 bits per heavy atom. The first kappa shape index (κ1) is 14.9. The molecule has 0 aliphatic carbocycles. The van der Waals surface area contributed by atoms with Crippen LogP contribution in [0.4, 0.5) is 4.39 Å². The number of hydrogen-bond donors (Lipinski definition) is 0. The van der Waals surface area contributed by atoms with E-state index in [9.17, 15) is 0 Å². The molecule has 1 aromatic heterocycles. The minimum absolute atomic E-state index is 0.142. The molecule has 2 aromatic rings. The van der Waals surface area contributed by atoms with Crippen molar-refractivity contribution in [2.24, 2.45) is 5.41 Å². The molecule has 3 heterocycles. The Hall–Kier alpha value is -1.69. The van der Waals surface area contributed by atoms with Crippen LogP contribution in [-0.4, -0.2) is 35.8 Å². The number of halogens is 1. The van der Waals surface area contributed by atoms with Gasteiger partial charge in [-0.05, 0) is 12.0 Å². The number of fused-ring (bicyclic) bond motifs is 1. The molecule has 1 aromatic carbocycles. The first-order chi connectivity index (χ1) is 10.9. The van der Waals surface area contributed by atoms with Crippen molar-refractivity contribution in [2.45, 2.75) is 37.8 Å². The Morgan fingerprint density at radius 2 is 2.04 bits per heavy atom. The van der Waals surface area contributed by atoms with Crippen LogP contribution in [-0.2, 0) is 10.3 Å². The van der Waals surface area contributed by atoms with Crippen molar-refractivity contribution in [3.63, 3.8) is 0 Å². The summed E-state index contributed by atoms with van der Waals surface area (Å²) in [6.45, 7) is 4.88. The molecule has 3 atom stereocenters. The van der Waals surface area contributed by atoms with E-state index in [0.717, 1.165) is 12.2 Å². The normalized spacial score (nSPS) is 28.0. The number of nitrogens with zero attached hydrogens (tertiary/aromatic N) is 3. The average molecular weight is 313 g/mol. The maximum atomic E-state index is 15.4. The van der Waals surface area contributed by atoms with E-state index in [4.69, 9.17) is 4.74 Å². The zero-order chi connectivity index (χ0) is 16.2. The van der Waals surface area contributed by atoms with Gasteiger partial charge in [0.25, 0.3) is 0 Å². The molecule has 4 nitrogen and oxygen atoms in total. The Labute approximate surface area is 136 Å². The third kappa shape index (κ3) is 2.07. The third-order valence-corrected chi connectivity index (χ3v) is 5.55. The van der Waals surface area contributed by atoms with Gasteiger partial charge in [-0.25, -0.2) is 14.1 Å². The highest BCUT2D eigenvalue weighted by Gasteiger charge is 2.54. The number of hydrogen-bond acceptors (Lipinski definition) is 3. The molecular weight excluding hydrogens is 292 g/mol. The number of alkyl halides is 1. The van der Waals surface area contributed by atoms with Gasteiger partial charge in [-0.1, -0.05) is 44.2 Å². The molecule has 3 unspecified atom stereocenters. The molecule has 1 fully saturated rings. The van der Waals surface area contributed by atoms with Gasteiger partial charge in [0.05, 0.1) is 19.3 Å². The third-order valence-electron chi connectivity index (χ3n) is 5.55. The molecule has 0 amide bonds. The first-order valence-electron chi connectivity index (χ1n) is 8.21. The van der Waals surface area contributed by atoms with Crippen LogP contribution in [0.15, 0.2) is 30.3 Å². The predicted octanol–water partition coefficient (Wildman–Crippen LogP) is 2.17. The largest absolute Gasteiger partial charge is 0.380 e. The van der Waals surface area contributed by atoms with E-state index in [1.165, 1.54) is 5.56 Å². The minimum atomic E-state index is -1.58. The lowest BCUT2D eigenvalue weighted by atomic mass is 9.61. The van der Waals surface area contributed by atoms with Gasteiger partial charge in [0.15, 0.2) is 13.7 Å². The molecule has 0 N–H and O–H groups in total. The van der Waals surface area contributed by atoms with Crippen molar-refractivity contribution in [1.29, 1.82) is 0 Å². The van der Waals surface area contributed by atoms with Crippen LogP contribution in [0.25, 0.3) is 0 Å². The summed E-state index contributed by atoms with van der Waals surface area (Å²) >= 11 is 0. The van der Waals surface area contributed by atoms with Gasteiger partial charge in [-0.3, -0.25) is 0 Å². The second-order valence-corrected chi connectivity index (χ2v) is 7.36. The maximum Gasteiger partial charge on any atom is 0.179 e. The van der Waals surface area contributed by atoms with Crippen LogP contribution < -0.4 is 0 Å². The molecule has 0 bridgehead atoms. The van der Waals surface area contributed by atoms with Crippen molar-refractivity contribution in [1.82, 2.24) is 14.8 Å². The fourth-order valence-corrected chi connectivity index (χ4v) is 3.54. The fourth-order valence-electron chi connectivity index (χ4n) is 3.54. The molecule has 6 heteroatoms. The van der Waals surface area contributed by atoms with Crippen molar-refractivity contribution >= 4 is 7.85 Å². The van der Waals surface area contributed by atoms with E-state index in [1.807, 2.05) is 29.8 Å². The van der Waals surface area contributed by atoms with E-state index < -0.39 is 11.0 Å².